The fourth-order valence-corrected chi connectivity index (χ4v) is 3.82. The molecule has 2 heterocycles. The first-order chi connectivity index (χ1) is 13.1. The number of carbonyl (C=O) groups is 1. The molecule has 0 amide bonds. The van der Waals surface area contributed by atoms with Gasteiger partial charge in [-0.2, -0.15) is 0 Å². The van der Waals surface area contributed by atoms with Crippen molar-refractivity contribution in [1.82, 2.24) is 4.57 Å². The fourth-order valence-electron chi connectivity index (χ4n) is 3.82. The zero-order valence-corrected chi connectivity index (χ0v) is 17.6. The molecule has 1 aromatic heterocycles. The number of benzene rings is 2. The van der Waals surface area contributed by atoms with Crippen LogP contribution in [-0.2, 0) is 19.5 Å². The highest BCUT2D eigenvalue weighted by atomic mass is 79.9. The summed E-state index contributed by atoms with van der Waals surface area (Å²) < 4.78 is 17.7. The Bertz CT molecular complexity index is 962. The predicted molar refractivity (Wildman–Crippen MR) is 103 cm³/mol. The lowest BCUT2D eigenvalue weighted by Crippen LogP contribution is -3.00. The van der Waals surface area contributed by atoms with E-state index >= 15 is 0 Å². The Morgan fingerprint density at radius 1 is 1.04 bits per heavy atom. The molecule has 3 aromatic rings. The van der Waals surface area contributed by atoms with Gasteiger partial charge in [0.1, 0.15) is 12.0 Å². The van der Waals surface area contributed by atoms with Gasteiger partial charge in [0.2, 0.25) is 5.78 Å². The minimum absolute atomic E-state index is 0. The molecule has 3 nitrogen and oxygen atoms in total. The highest BCUT2D eigenvalue weighted by molar-refractivity contribution is 5.95. The number of halogens is 2. The Morgan fingerprint density at radius 3 is 2.46 bits per heavy atom. The van der Waals surface area contributed by atoms with E-state index in [0.29, 0.717) is 6.54 Å². The summed E-state index contributed by atoms with van der Waals surface area (Å²) in [5.74, 6) is 1.07. The lowest BCUT2D eigenvalue weighted by Gasteiger charge is -2.03. The Morgan fingerprint density at radius 2 is 1.75 bits per heavy atom. The maximum atomic E-state index is 13.3. The molecule has 0 spiro atoms. The van der Waals surface area contributed by atoms with Crippen LogP contribution in [0.5, 0.6) is 0 Å². The van der Waals surface area contributed by atoms with Crippen LogP contribution in [-0.4, -0.2) is 10.4 Å². The SMILES string of the molecule is Cc1ccc(C(=O)C[n+]2cc(-c3ccc(F)cc3)n3c2CCCCC3)cc1.[Br-]. The average Bonchev–Trinajstić information content (AvgIpc) is 2.84. The quantitative estimate of drug-likeness (QED) is 0.444. The minimum Gasteiger partial charge on any atom is -1.00 e. The standard InChI is InChI=1S/C23H24FN2O.BrH/c1-17-6-8-19(9-7-17)22(27)16-25-15-21(18-10-12-20(24)13-11-18)26-14-4-2-3-5-23(25)26;/h6-13,15H,2-5,14,16H2,1H3;1H/q+1;/p-1. The molecule has 0 N–H and O–H groups in total. The van der Waals surface area contributed by atoms with E-state index in [2.05, 4.69) is 15.3 Å². The maximum absolute atomic E-state index is 13.3. The van der Waals surface area contributed by atoms with Crippen molar-refractivity contribution in [3.05, 3.63) is 77.5 Å². The third kappa shape index (κ3) is 4.25. The van der Waals surface area contributed by atoms with Crippen LogP contribution >= 0.6 is 0 Å². The van der Waals surface area contributed by atoms with Crippen LogP contribution in [0.25, 0.3) is 11.3 Å². The van der Waals surface area contributed by atoms with E-state index in [1.807, 2.05) is 43.3 Å². The monoisotopic (exact) mass is 442 g/mol. The first kappa shape index (κ1) is 20.5. The van der Waals surface area contributed by atoms with E-state index < -0.39 is 0 Å². The van der Waals surface area contributed by atoms with Gasteiger partial charge in [-0.1, -0.05) is 29.8 Å². The normalized spacial score (nSPS) is 13.4. The van der Waals surface area contributed by atoms with Crippen LogP contribution < -0.4 is 21.5 Å². The van der Waals surface area contributed by atoms with E-state index in [9.17, 15) is 9.18 Å². The van der Waals surface area contributed by atoms with Crippen molar-refractivity contribution in [2.75, 3.05) is 0 Å². The molecule has 0 aliphatic carbocycles. The van der Waals surface area contributed by atoms with Crippen molar-refractivity contribution in [3.8, 4) is 11.3 Å². The zero-order valence-electron chi connectivity index (χ0n) is 16.0. The molecular weight excluding hydrogens is 419 g/mol. The molecule has 1 aliphatic heterocycles. The highest BCUT2D eigenvalue weighted by Gasteiger charge is 2.27. The van der Waals surface area contributed by atoms with Crippen molar-refractivity contribution in [1.29, 1.82) is 0 Å². The second-order valence-electron chi connectivity index (χ2n) is 7.32. The lowest BCUT2D eigenvalue weighted by atomic mass is 10.1. The van der Waals surface area contributed by atoms with Crippen LogP contribution in [0, 0.1) is 12.7 Å². The number of Topliss-reactive ketones (excluding diaryl/α,β-unsaturated/α-hetero) is 1. The van der Waals surface area contributed by atoms with E-state index in [0.717, 1.165) is 48.2 Å². The molecule has 0 bridgehead atoms. The topological polar surface area (TPSA) is 25.9 Å². The number of rotatable bonds is 4. The molecular formula is C23H24BrFN2O. The van der Waals surface area contributed by atoms with Gasteiger partial charge in [-0.3, -0.25) is 4.79 Å². The largest absolute Gasteiger partial charge is 1.00 e. The van der Waals surface area contributed by atoms with Crippen LogP contribution in [0.15, 0.2) is 54.7 Å². The van der Waals surface area contributed by atoms with E-state index in [-0.39, 0.29) is 28.6 Å². The smallest absolute Gasteiger partial charge is 0.257 e. The van der Waals surface area contributed by atoms with Crippen LogP contribution in [0.4, 0.5) is 4.39 Å². The summed E-state index contributed by atoms with van der Waals surface area (Å²) in [6.07, 6.45) is 6.46. The van der Waals surface area contributed by atoms with Gasteiger partial charge in [-0.25, -0.2) is 13.5 Å². The Hall–Kier alpha value is -2.27. The second-order valence-corrected chi connectivity index (χ2v) is 7.32. The van der Waals surface area contributed by atoms with Gasteiger partial charge in [0.25, 0.3) is 5.82 Å². The van der Waals surface area contributed by atoms with Crippen LogP contribution in [0.3, 0.4) is 0 Å². The molecule has 146 valence electrons. The first-order valence-electron chi connectivity index (χ1n) is 9.59. The van der Waals surface area contributed by atoms with Crippen molar-refractivity contribution in [2.24, 2.45) is 0 Å². The number of carbonyl (C=O) groups excluding carboxylic acids is 1. The summed E-state index contributed by atoms with van der Waals surface area (Å²) in [5.41, 5.74) is 3.94. The van der Waals surface area contributed by atoms with Crippen LogP contribution in [0.1, 0.15) is 41.0 Å². The van der Waals surface area contributed by atoms with Crippen molar-refractivity contribution in [2.45, 2.75) is 45.7 Å². The van der Waals surface area contributed by atoms with E-state index in [4.69, 9.17) is 0 Å². The molecule has 1 aliphatic rings. The second kappa shape index (κ2) is 8.82. The maximum Gasteiger partial charge on any atom is 0.257 e. The summed E-state index contributed by atoms with van der Waals surface area (Å²) in [4.78, 5) is 12.8. The molecule has 4 rings (SSSR count). The number of aryl methyl sites for hydroxylation is 1. The molecule has 0 radical (unpaired) electrons. The minimum atomic E-state index is -0.233. The summed E-state index contributed by atoms with van der Waals surface area (Å²) in [6, 6.07) is 14.4. The van der Waals surface area contributed by atoms with Gasteiger partial charge in [-0.15, -0.1) is 0 Å². The Labute approximate surface area is 175 Å². The van der Waals surface area contributed by atoms with Crippen LogP contribution in [0.2, 0.25) is 0 Å². The van der Waals surface area contributed by atoms with E-state index in [1.165, 1.54) is 24.4 Å². The zero-order chi connectivity index (χ0) is 18.8. The number of fused-ring (bicyclic) bond motifs is 1. The molecule has 0 saturated heterocycles. The third-order valence-corrected chi connectivity index (χ3v) is 5.32. The van der Waals surface area contributed by atoms with Gasteiger partial charge in [0, 0.05) is 17.5 Å². The summed E-state index contributed by atoms with van der Waals surface area (Å²) in [6.45, 7) is 3.29. The summed E-state index contributed by atoms with van der Waals surface area (Å²) >= 11 is 0. The van der Waals surface area contributed by atoms with Gasteiger partial charge in [0.15, 0.2) is 12.2 Å². The predicted octanol–water partition coefficient (Wildman–Crippen LogP) is 1.50. The van der Waals surface area contributed by atoms with Crippen molar-refractivity contribution in [3.63, 3.8) is 0 Å². The lowest BCUT2D eigenvalue weighted by molar-refractivity contribution is -0.690. The number of nitrogens with zero attached hydrogens (tertiary/aromatic N) is 2. The number of ketones is 1. The number of hydrogen-bond acceptors (Lipinski definition) is 1. The van der Waals surface area contributed by atoms with Gasteiger partial charge in [0.05, 0.1) is 6.54 Å². The molecule has 28 heavy (non-hydrogen) atoms. The average molecular weight is 443 g/mol. The third-order valence-electron chi connectivity index (χ3n) is 5.32. The molecule has 0 atom stereocenters. The van der Waals surface area contributed by atoms with E-state index in [1.54, 1.807) is 0 Å². The Kier molecular flexibility index (Phi) is 6.45. The van der Waals surface area contributed by atoms with Gasteiger partial charge < -0.3 is 17.0 Å². The van der Waals surface area contributed by atoms with Crippen molar-refractivity contribution >= 4 is 5.78 Å². The molecule has 0 fully saturated rings. The molecule has 5 heteroatoms. The van der Waals surface area contributed by atoms with Gasteiger partial charge in [-0.05, 0) is 50.5 Å². The highest BCUT2D eigenvalue weighted by Crippen LogP contribution is 2.24. The fraction of sp³-hybridized carbons (Fsp3) is 0.304. The van der Waals surface area contributed by atoms with Crippen molar-refractivity contribution < 1.29 is 30.7 Å². The van der Waals surface area contributed by atoms with Gasteiger partial charge >= 0.3 is 0 Å². The molecule has 2 aromatic carbocycles. The number of hydrogen-bond donors (Lipinski definition) is 0. The summed E-state index contributed by atoms with van der Waals surface area (Å²) in [7, 11) is 0. The number of imidazole rings is 1. The molecule has 0 unspecified atom stereocenters. The molecule has 0 saturated carbocycles. The number of aromatic nitrogens is 2. The first-order valence-corrected chi connectivity index (χ1v) is 9.59. The Balaban J connectivity index is 0.00000225. The summed E-state index contributed by atoms with van der Waals surface area (Å²) in [5, 5.41) is 0.